The van der Waals surface area contributed by atoms with Gasteiger partial charge in [-0.2, -0.15) is 7.05 Å². The monoisotopic (exact) mass is 358 g/mol. The van der Waals surface area contributed by atoms with E-state index >= 15 is 0 Å². The molecule has 2 unspecified atom stereocenters. The number of hydrogen-bond acceptors (Lipinski definition) is 1. The van der Waals surface area contributed by atoms with E-state index in [2.05, 4.69) is 17.5 Å². The van der Waals surface area contributed by atoms with Gasteiger partial charge in [0.1, 0.15) is 0 Å². The van der Waals surface area contributed by atoms with Crippen molar-refractivity contribution in [2.75, 3.05) is 14.1 Å². The molecule has 0 amide bonds. The molecule has 2 aliphatic rings. The molecule has 20 heavy (non-hydrogen) atoms. The van der Waals surface area contributed by atoms with E-state index in [-0.39, 0.29) is 48.5 Å². The zero-order valence-corrected chi connectivity index (χ0v) is 16.9. The van der Waals surface area contributed by atoms with Gasteiger partial charge in [-0.15, -0.1) is 0 Å². The Morgan fingerprint density at radius 2 is 1.40 bits per heavy atom. The average molecular weight is 360 g/mol. The summed E-state index contributed by atoms with van der Waals surface area (Å²) in [5.41, 5.74) is 4.37. The third kappa shape index (κ3) is 7.18. The first-order chi connectivity index (χ1) is 7.81. The molecule has 3 heteroatoms. The van der Waals surface area contributed by atoms with Crippen molar-refractivity contribution in [3.63, 3.8) is 0 Å². The van der Waals surface area contributed by atoms with Gasteiger partial charge in [0, 0.05) is 26.2 Å². The molecule has 0 aromatic heterocycles. The molecule has 2 fully saturated rings. The zero-order chi connectivity index (χ0) is 11.4. The maximum absolute atomic E-state index is 4.37. The van der Waals surface area contributed by atoms with Gasteiger partial charge in [-0.25, -0.2) is 0 Å². The fourth-order valence-corrected chi connectivity index (χ4v) is 3.78. The van der Waals surface area contributed by atoms with Crippen LogP contribution in [-0.4, -0.2) is 25.1 Å². The summed E-state index contributed by atoms with van der Waals surface area (Å²) in [6.45, 7) is 0. The Bertz CT molecular complexity index is 205. The summed E-state index contributed by atoms with van der Waals surface area (Å²) in [7, 11) is 4.10. The molecule has 2 nitrogen and oxygen atoms in total. The second-order valence-corrected chi connectivity index (χ2v) is 5.77. The summed E-state index contributed by atoms with van der Waals surface area (Å²) in [6.07, 6.45) is 13.1. The van der Waals surface area contributed by atoms with Gasteiger partial charge >= 0.3 is 0 Å². The topological polar surface area (TPSA) is 17.3 Å². The Labute approximate surface area is 148 Å². The van der Waals surface area contributed by atoms with E-state index in [0.29, 0.717) is 0 Å². The summed E-state index contributed by atoms with van der Waals surface area (Å²) in [5, 5.41) is 2.23. The van der Waals surface area contributed by atoms with Crippen LogP contribution >= 0.6 is 0 Å². The smallest absolute Gasteiger partial charge is 0 e. The number of hydrogen-bond donors (Lipinski definition) is 0. The molecular formula is C17H36N2Zr-4. The van der Waals surface area contributed by atoms with Gasteiger partial charge in [0.15, 0.2) is 0 Å². The van der Waals surface area contributed by atoms with Crippen LogP contribution in [0.25, 0.3) is 5.43 Å². The summed E-state index contributed by atoms with van der Waals surface area (Å²) in [4.78, 5) is 0. The van der Waals surface area contributed by atoms with Crippen molar-refractivity contribution in [1.29, 1.82) is 0 Å². The van der Waals surface area contributed by atoms with E-state index in [4.69, 9.17) is 0 Å². The molecule has 0 aromatic carbocycles. The maximum Gasteiger partial charge on any atom is 0 e. The van der Waals surface area contributed by atoms with E-state index in [1.54, 1.807) is 0 Å². The first-order valence-corrected chi connectivity index (χ1v) is 7.14. The molecule has 2 rings (SSSR count). The first-order valence-electron chi connectivity index (χ1n) is 7.14. The van der Waals surface area contributed by atoms with Crippen molar-refractivity contribution < 1.29 is 26.2 Å². The SMILES string of the molecule is C[N-]N(C)C1CCCCC1CC1CCCC1.[CH3-].[CH3-].[CH3-].[Zr]. The fourth-order valence-electron chi connectivity index (χ4n) is 3.78. The molecule has 0 heterocycles. The molecule has 0 aromatic rings. The Hall–Kier alpha value is 0.803. The summed E-state index contributed by atoms with van der Waals surface area (Å²) >= 11 is 0. The fraction of sp³-hybridized carbons (Fsp3) is 0.824. The Kier molecular flexibility index (Phi) is 17.3. The summed E-state index contributed by atoms with van der Waals surface area (Å²) in [6, 6.07) is 0.736. The molecule has 2 atom stereocenters. The van der Waals surface area contributed by atoms with Crippen LogP contribution in [-0.2, 0) is 26.2 Å². The molecule has 0 saturated heterocycles. The maximum atomic E-state index is 4.37. The molecule has 122 valence electrons. The standard InChI is InChI=1S/C14H27N2.3CH3.Zr/c1-15-16(2)14-10-6-5-9-13(14)11-12-7-3-4-8-12;;;;/h12-14H,3-11H2,1-2H3;3*1H3;/q4*-1;. The minimum absolute atomic E-state index is 0. The molecule has 2 aliphatic carbocycles. The van der Waals surface area contributed by atoms with Crippen LogP contribution in [0.5, 0.6) is 0 Å². The molecule has 0 aliphatic heterocycles. The van der Waals surface area contributed by atoms with Crippen LogP contribution in [0.4, 0.5) is 0 Å². The van der Waals surface area contributed by atoms with Gasteiger partial charge in [-0.1, -0.05) is 38.5 Å². The predicted octanol–water partition coefficient (Wildman–Crippen LogP) is 5.32. The minimum atomic E-state index is 0. The van der Waals surface area contributed by atoms with Crippen LogP contribution in [0.3, 0.4) is 0 Å². The number of rotatable bonds is 4. The molecule has 0 bridgehead atoms. The van der Waals surface area contributed by atoms with Gasteiger partial charge in [0.2, 0.25) is 0 Å². The van der Waals surface area contributed by atoms with Crippen molar-refractivity contribution in [1.82, 2.24) is 5.01 Å². The van der Waals surface area contributed by atoms with Crippen LogP contribution in [0, 0.1) is 34.1 Å². The van der Waals surface area contributed by atoms with E-state index in [9.17, 15) is 0 Å². The number of nitrogens with zero attached hydrogens (tertiary/aromatic N) is 2. The van der Waals surface area contributed by atoms with Crippen LogP contribution in [0.15, 0.2) is 0 Å². The van der Waals surface area contributed by atoms with E-state index in [0.717, 1.165) is 17.9 Å². The quantitative estimate of drug-likeness (QED) is 0.490. The van der Waals surface area contributed by atoms with Gasteiger partial charge in [0.25, 0.3) is 0 Å². The predicted molar refractivity (Wildman–Crippen MR) is 88.6 cm³/mol. The Morgan fingerprint density at radius 3 is 1.95 bits per heavy atom. The normalized spacial score (nSPS) is 25.9. The summed E-state index contributed by atoms with van der Waals surface area (Å²) < 4.78 is 0. The second kappa shape index (κ2) is 13.5. The molecule has 0 spiro atoms. The molecule has 0 N–H and O–H groups in total. The van der Waals surface area contributed by atoms with Gasteiger partial charge in [-0.3, -0.25) is 0 Å². The van der Waals surface area contributed by atoms with Gasteiger partial charge in [-0.05, 0) is 44.2 Å². The summed E-state index contributed by atoms with van der Waals surface area (Å²) in [5.74, 6) is 1.96. The van der Waals surface area contributed by atoms with Gasteiger partial charge < -0.3 is 32.7 Å². The zero-order valence-electron chi connectivity index (χ0n) is 14.5. The van der Waals surface area contributed by atoms with Crippen molar-refractivity contribution in [2.45, 2.75) is 63.8 Å². The third-order valence-electron chi connectivity index (χ3n) is 4.78. The minimum Gasteiger partial charge on any atom is -0.597 e. The first kappa shape index (κ1) is 25.7. The third-order valence-corrected chi connectivity index (χ3v) is 4.78. The average Bonchev–Trinajstić information content (AvgIpc) is 2.82. The Balaban J connectivity index is -0.000000722. The van der Waals surface area contributed by atoms with E-state index in [1.807, 2.05) is 7.05 Å². The molecule has 2 saturated carbocycles. The van der Waals surface area contributed by atoms with E-state index in [1.165, 1.54) is 57.8 Å². The van der Waals surface area contributed by atoms with Crippen molar-refractivity contribution in [2.24, 2.45) is 11.8 Å². The van der Waals surface area contributed by atoms with Crippen LogP contribution in [0.1, 0.15) is 57.8 Å². The van der Waals surface area contributed by atoms with E-state index < -0.39 is 0 Å². The Morgan fingerprint density at radius 1 is 0.900 bits per heavy atom. The molecular weight excluding hydrogens is 323 g/mol. The molecule has 0 radical (unpaired) electrons. The van der Waals surface area contributed by atoms with Crippen molar-refractivity contribution in [3.8, 4) is 0 Å². The van der Waals surface area contributed by atoms with Crippen LogP contribution < -0.4 is 0 Å². The van der Waals surface area contributed by atoms with Crippen LogP contribution in [0.2, 0.25) is 0 Å². The largest absolute Gasteiger partial charge is 0.597 e. The van der Waals surface area contributed by atoms with Crippen molar-refractivity contribution in [3.05, 3.63) is 27.7 Å². The van der Waals surface area contributed by atoms with Gasteiger partial charge in [0.05, 0.1) is 0 Å². The second-order valence-electron chi connectivity index (χ2n) is 5.77. The van der Waals surface area contributed by atoms with Crippen molar-refractivity contribution >= 4 is 0 Å².